The number of rotatable bonds is 4. The SMILES string of the molecule is Cl.O=C(NCCc1cccs1)C1COCCN1. The van der Waals surface area contributed by atoms with E-state index in [0.29, 0.717) is 19.8 Å². The van der Waals surface area contributed by atoms with Gasteiger partial charge in [-0.15, -0.1) is 23.7 Å². The molecule has 1 aromatic rings. The van der Waals surface area contributed by atoms with E-state index >= 15 is 0 Å². The lowest BCUT2D eigenvalue weighted by atomic mass is 10.2. The molecule has 1 unspecified atom stereocenters. The summed E-state index contributed by atoms with van der Waals surface area (Å²) in [4.78, 5) is 13.0. The molecule has 1 saturated heterocycles. The first-order valence-corrected chi connectivity index (χ1v) is 6.35. The fourth-order valence-electron chi connectivity index (χ4n) is 1.62. The minimum Gasteiger partial charge on any atom is -0.378 e. The van der Waals surface area contributed by atoms with E-state index in [9.17, 15) is 4.79 Å². The van der Waals surface area contributed by atoms with Crippen LogP contribution in [0, 0.1) is 0 Å². The Morgan fingerprint density at radius 1 is 1.65 bits per heavy atom. The third-order valence-corrected chi connectivity index (χ3v) is 3.43. The van der Waals surface area contributed by atoms with E-state index < -0.39 is 0 Å². The molecule has 2 heterocycles. The number of hydrogen-bond donors (Lipinski definition) is 2. The molecule has 1 aromatic heterocycles. The summed E-state index contributed by atoms with van der Waals surface area (Å²) >= 11 is 1.72. The van der Waals surface area contributed by atoms with Crippen LogP contribution in [0.3, 0.4) is 0 Å². The number of carbonyl (C=O) groups excluding carboxylic acids is 1. The summed E-state index contributed by atoms with van der Waals surface area (Å²) in [6.45, 7) is 2.62. The van der Waals surface area contributed by atoms with Gasteiger partial charge in [0.25, 0.3) is 0 Å². The minimum absolute atomic E-state index is 0. The summed E-state index contributed by atoms with van der Waals surface area (Å²) < 4.78 is 5.23. The van der Waals surface area contributed by atoms with E-state index in [0.717, 1.165) is 13.0 Å². The highest BCUT2D eigenvalue weighted by Crippen LogP contribution is 2.08. The Morgan fingerprint density at radius 2 is 2.53 bits per heavy atom. The molecule has 96 valence electrons. The lowest BCUT2D eigenvalue weighted by Gasteiger charge is -2.22. The Bertz CT molecular complexity index is 326. The van der Waals surface area contributed by atoms with Crippen LogP contribution >= 0.6 is 23.7 Å². The zero-order chi connectivity index (χ0) is 11.2. The number of nitrogens with one attached hydrogen (secondary N) is 2. The van der Waals surface area contributed by atoms with Gasteiger partial charge >= 0.3 is 0 Å². The number of ether oxygens (including phenoxy) is 1. The van der Waals surface area contributed by atoms with Crippen LogP contribution < -0.4 is 10.6 Å². The van der Waals surface area contributed by atoms with Gasteiger partial charge in [0.05, 0.1) is 13.2 Å². The average molecular weight is 277 g/mol. The maximum atomic E-state index is 11.7. The number of morpholine rings is 1. The van der Waals surface area contributed by atoms with E-state index in [2.05, 4.69) is 16.7 Å². The first-order valence-electron chi connectivity index (χ1n) is 5.47. The monoisotopic (exact) mass is 276 g/mol. The third-order valence-electron chi connectivity index (χ3n) is 2.49. The van der Waals surface area contributed by atoms with E-state index in [1.807, 2.05) is 11.4 Å². The fourth-order valence-corrected chi connectivity index (χ4v) is 2.33. The molecule has 1 amide bonds. The van der Waals surface area contributed by atoms with E-state index in [1.165, 1.54) is 4.88 Å². The maximum Gasteiger partial charge on any atom is 0.239 e. The molecule has 17 heavy (non-hydrogen) atoms. The molecule has 0 saturated carbocycles. The summed E-state index contributed by atoms with van der Waals surface area (Å²) in [5.41, 5.74) is 0. The minimum atomic E-state index is -0.183. The zero-order valence-electron chi connectivity index (χ0n) is 9.48. The van der Waals surface area contributed by atoms with Gasteiger partial charge in [0, 0.05) is 18.0 Å². The quantitative estimate of drug-likeness (QED) is 0.856. The molecule has 0 aliphatic carbocycles. The Kier molecular flexibility index (Phi) is 6.50. The average Bonchev–Trinajstić information content (AvgIpc) is 2.83. The van der Waals surface area contributed by atoms with Crippen LogP contribution in [0.1, 0.15) is 4.88 Å². The molecule has 2 N–H and O–H groups in total. The molecule has 4 nitrogen and oxygen atoms in total. The second kappa shape index (κ2) is 7.66. The van der Waals surface area contributed by atoms with Crippen molar-refractivity contribution in [2.75, 3.05) is 26.3 Å². The normalized spacial score (nSPS) is 19.4. The highest BCUT2D eigenvalue weighted by molar-refractivity contribution is 7.09. The molecule has 6 heteroatoms. The van der Waals surface area contributed by atoms with Crippen molar-refractivity contribution in [1.82, 2.24) is 10.6 Å². The van der Waals surface area contributed by atoms with Crippen LogP contribution in [0.15, 0.2) is 17.5 Å². The van der Waals surface area contributed by atoms with Gasteiger partial charge in [0.1, 0.15) is 6.04 Å². The summed E-state index contributed by atoms with van der Waals surface area (Å²) in [6, 6.07) is 3.93. The van der Waals surface area contributed by atoms with E-state index in [4.69, 9.17) is 4.74 Å². The molecule has 0 spiro atoms. The van der Waals surface area contributed by atoms with Crippen molar-refractivity contribution in [3.8, 4) is 0 Å². The smallest absolute Gasteiger partial charge is 0.239 e. The fraction of sp³-hybridized carbons (Fsp3) is 0.545. The zero-order valence-corrected chi connectivity index (χ0v) is 11.1. The van der Waals surface area contributed by atoms with E-state index in [-0.39, 0.29) is 24.4 Å². The first-order chi connectivity index (χ1) is 7.86. The highest BCUT2D eigenvalue weighted by atomic mass is 35.5. The largest absolute Gasteiger partial charge is 0.378 e. The molecule has 0 aromatic carbocycles. The topological polar surface area (TPSA) is 50.4 Å². The molecule has 2 rings (SSSR count). The van der Waals surface area contributed by atoms with Crippen molar-refractivity contribution in [2.24, 2.45) is 0 Å². The molecular weight excluding hydrogens is 260 g/mol. The van der Waals surface area contributed by atoms with Crippen LogP contribution in [0.5, 0.6) is 0 Å². The van der Waals surface area contributed by atoms with Gasteiger partial charge in [-0.25, -0.2) is 0 Å². The van der Waals surface area contributed by atoms with Crippen LogP contribution in [-0.2, 0) is 16.0 Å². The summed E-state index contributed by atoms with van der Waals surface area (Å²) in [5, 5.41) is 8.09. The number of amides is 1. The van der Waals surface area contributed by atoms with Gasteiger partial charge in [0.2, 0.25) is 5.91 Å². The molecular formula is C11H17ClN2O2S. The summed E-state index contributed by atoms with van der Waals surface area (Å²) in [5.74, 6) is 0.0382. The molecule has 1 aliphatic rings. The molecule has 1 aliphatic heterocycles. The van der Waals surface area contributed by atoms with Crippen molar-refractivity contribution < 1.29 is 9.53 Å². The standard InChI is InChI=1S/C11H16N2O2S.ClH/c14-11(10-8-15-6-5-12-10)13-4-3-9-2-1-7-16-9;/h1-2,7,10,12H,3-6,8H2,(H,13,14);1H. The van der Waals surface area contributed by atoms with Crippen molar-refractivity contribution in [3.05, 3.63) is 22.4 Å². The van der Waals surface area contributed by atoms with Gasteiger partial charge in [-0.05, 0) is 17.9 Å². The second-order valence-electron chi connectivity index (χ2n) is 3.70. The van der Waals surface area contributed by atoms with Crippen LogP contribution in [-0.4, -0.2) is 38.3 Å². The van der Waals surface area contributed by atoms with Gasteiger partial charge in [-0.1, -0.05) is 6.07 Å². The summed E-state index contributed by atoms with van der Waals surface area (Å²) in [6.07, 6.45) is 0.900. The maximum absolute atomic E-state index is 11.7. The number of halogens is 1. The van der Waals surface area contributed by atoms with Crippen molar-refractivity contribution in [2.45, 2.75) is 12.5 Å². The highest BCUT2D eigenvalue weighted by Gasteiger charge is 2.20. The lowest BCUT2D eigenvalue weighted by Crippen LogP contribution is -2.51. The van der Waals surface area contributed by atoms with Gasteiger partial charge in [-0.3, -0.25) is 4.79 Å². The van der Waals surface area contributed by atoms with Crippen LogP contribution in [0.4, 0.5) is 0 Å². The van der Waals surface area contributed by atoms with Crippen molar-refractivity contribution in [3.63, 3.8) is 0 Å². The lowest BCUT2D eigenvalue weighted by molar-refractivity contribution is -0.125. The molecule has 0 bridgehead atoms. The van der Waals surface area contributed by atoms with Gasteiger partial charge in [-0.2, -0.15) is 0 Å². The number of thiophene rings is 1. The number of hydrogen-bond acceptors (Lipinski definition) is 4. The molecule has 0 radical (unpaired) electrons. The molecule has 1 fully saturated rings. The number of carbonyl (C=O) groups is 1. The van der Waals surface area contributed by atoms with Crippen LogP contribution in [0.2, 0.25) is 0 Å². The second-order valence-corrected chi connectivity index (χ2v) is 4.73. The summed E-state index contributed by atoms with van der Waals surface area (Å²) in [7, 11) is 0. The third kappa shape index (κ3) is 4.63. The Morgan fingerprint density at radius 3 is 3.18 bits per heavy atom. The predicted octanol–water partition coefficient (Wildman–Crippen LogP) is 0.817. The predicted molar refractivity (Wildman–Crippen MR) is 70.9 cm³/mol. The van der Waals surface area contributed by atoms with Crippen LogP contribution in [0.25, 0.3) is 0 Å². The van der Waals surface area contributed by atoms with Crippen molar-refractivity contribution in [1.29, 1.82) is 0 Å². The Balaban J connectivity index is 0.00000144. The first kappa shape index (κ1) is 14.4. The van der Waals surface area contributed by atoms with Gasteiger partial charge < -0.3 is 15.4 Å². The van der Waals surface area contributed by atoms with Crippen molar-refractivity contribution >= 4 is 29.7 Å². The van der Waals surface area contributed by atoms with Gasteiger partial charge in [0.15, 0.2) is 0 Å². The van der Waals surface area contributed by atoms with E-state index in [1.54, 1.807) is 11.3 Å². The Hall–Kier alpha value is -0.620. The molecule has 1 atom stereocenters. The Labute approximate surface area is 111 Å².